The summed E-state index contributed by atoms with van der Waals surface area (Å²) in [6.07, 6.45) is 1.59. The number of nitro groups is 1. The zero-order valence-corrected chi connectivity index (χ0v) is 15.7. The van der Waals surface area contributed by atoms with Gasteiger partial charge in [0.2, 0.25) is 10.0 Å². The number of non-ortho nitro benzene ring substituents is 1. The first-order valence-electron chi connectivity index (χ1n) is 8.08. The van der Waals surface area contributed by atoms with Crippen molar-refractivity contribution in [3.63, 3.8) is 0 Å². The summed E-state index contributed by atoms with van der Waals surface area (Å²) in [5, 5.41) is 10.7. The third-order valence-corrected chi connectivity index (χ3v) is 7.44. The van der Waals surface area contributed by atoms with Crippen LogP contribution in [0.15, 0.2) is 58.3 Å². The Labute approximate surface area is 156 Å². The molecule has 144 valence electrons. The molecule has 0 radical (unpaired) electrons. The summed E-state index contributed by atoms with van der Waals surface area (Å²) in [4.78, 5) is 9.89. The molecular formula is C16H17N3O6S2. The standard InChI is InChI=1S/C16H17N3O6S2/c20-19(21)14-6-8-15(9-7-14)26(22,23)17-13-4-3-5-16(12-13)27(24,25)18-10-1-2-11-18/h3-9,12,17H,1-2,10-11H2. The van der Waals surface area contributed by atoms with E-state index in [2.05, 4.69) is 4.72 Å². The maximum atomic E-state index is 12.6. The number of benzene rings is 2. The average molecular weight is 411 g/mol. The van der Waals surface area contributed by atoms with Crippen molar-refractivity contribution in [3.8, 4) is 0 Å². The lowest BCUT2D eigenvalue weighted by Crippen LogP contribution is -2.27. The molecule has 1 heterocycles. The summed E-state index contributed by atoms with van der Waals surface area (Å²) in [6.45, 7) is 0.891. The number of nitro benzene ring substituents is 1. The van der Waals surface area contributed by atoms with Crippen molar-refractivity contribution in [3.05, 3.63) is 58.6 Å². The first-order valence-corrected chi connectivity index (χ1v) is 11.0. The van der Waals surface area contributed by atoms with Gasteiger partial charge < -0.3 is 0 Å². The molecule has 0 bridgehead atoms. The summed E-state index contributed by atoms with van der Waals surface area (Å²) in [6, 6.07) is 9.97. The van der Waals surface area contributed by atoms with Gasteiger partial charge in [-0.2, -0.15) is 4.31 Å². The first kappa shape index (κ1) is 19.3. The molecule has 1 fully saturated rings. The highest BCUT2D eigenvalue weighted by Crippen LogP contribution is 2.25. The van der Waals surface area contributed by atoms with Crippen LogP contribution >= 0.6 is 0 Å². The van der Waals surface area contributed by atoms with E-state index in [0.717, 1.165) is 37.1 Å². The van der Waals surface area contributed by atoms with Gasteiger partial charge in [0.25, 0.3) is 15.7 Å². The van der Waals surface area contributed by atoms with Crippen molar-refractivity contribution >= 4 is 31.4 Å². The normalized spacial score (nSPS) is 15.6. The maximum Gasteiger partial charge on any atom is 0.269 e. The van der Waals surface area contributed by atoms with Gasteiger partial charge in [-0.1, -0.05) is 6.07 Å². The smallest absolute Gasteiger partial charge is 0.269 e. The van der Waals surface area contributed by atoms with E-state index in [-0.39, 0.29) is 21.2 Å². The largest absolute Gasteiger partial charge is 0.280 e. The Morgan fingerprint density at radius 1 is 0.926 bits per heavy atom. The second-order valence-electron chi connectivity index (χ2n) is 6.00. The van der Waals surface area contributed by atoms with Crippen LogP contribution in [0.3, 0.4) is 0 Å². The molecule has 1 aliphatic heterocycles. The zero-order chi connectivity index (χ0) is 19.7. The van der Waals surface area contributed by atoms with Crippen LogP contribution in [0.2, 0.25) is 0 Å². The molecule has 0 saturated carbocycles. The van der Waals surface area contributed by atoms with Gasteiger partial charge >= 0.3 is 0 Å². The Kier molecular flexibility index (Phi) is 5.18. The number of nitrogens with one attached hydrogen (secondary N) is 1. The monoisotopic (exact) mass is 411 g/mol. The molecule has 0 unspecified atom stereocenters. The van der Waals surface area contributed by atoms with Gasteiger partial charge in [-0.05, 0) is 43.2 Å². The van der Waals surface area contributed by atoms with Crippen LogP contribution in [0.25, 0.3) is 0 Å². The zero-order valence-electron chi connectivity index (χ0n) is 14.1. The molecule has 3 rings (SSSR count). The lowest BCUT2D eigenvalue weighted by Gasteiger charge is -2.16. The number of rotatable bonds is 6. The highest BCUT2D eigenvalue weighted by molar-refractivity contribution is 7.92. The SMILES string of the molecule is O=[N+]([O-])c1ccc(S(=O)(=O)Nc2cccc(S(=O)(=O)N3CCCC3)c2)cc1. The minimum absolute atomic E-state index is 0.00768. The fourth-order valence-corrected chi connectivity index (χ4v) is 5.37. The van der Waals surface area contributed by atoms with Gasteiger partial charge in [-0.25, -0.2) is 16.8 Å². The van der Waals surface area contributed by atoms with Gasteiger partial charge in [0.05, 0.1) is 20.4 Å². The lowest BCUT2D eigenvalue weighted by atomic mass is 10.3. The van der Waals surface area contributed by atoms with Crippen molar-refractivity contribution < 1.29 is 21.8 Å². The molecule has 0 amide bonds. The van der Waals surface area contributed by atoms with Gasteiger partial charge in [-0.15, -0.1) is 0 Å². The van der Waals surface area contributed by atoms with E-state index in [9.17, 15) is 26.9 Å². The lowest BCUT2D eigenvalue weighted by molar-refractivity contribution is -0.384. The third-order valence-electron chi connectivity index (χ3n) is 4.15. The van der Waals surface area contributed by atoms with E-state index in [4.69, 9.17) is 0 Å². The quantitative estimate of drug-likeness (QED) is 0.573. The highest BCUT2D eigenvalue weighted by Gasteiger charge is 2.27. The Morgan fingerprint density at radius 3 is 2.15 bits per heavy atom. The Hall–Kier alpha value is -2.50. The number of hydrogen-bond donors (Lipinski definition) is 1. The van der Waals surface area contributed by atoms with Crippen LogP contribution < -0.4 is 4.72 Å². The summed E-state index contributed by atoms with van der Waals surface area (Å²) < 4.78 is 53.8. The molecule has 9 nitrogen and oxygen atoms in total. The highest BCUT2D eigenvalue weighted by atomic mass is 32.2. The van der Waals surface area contributed by atoms with Crippen molar-refractivity contribution in [1.29, 1.82) is 0 Å². The van der Waals surface area contributed by atoms with Crippen molar-refractivity contribution in [1.82, 2.24) is 4.31 Å². The first-order chi connectivity index (χ1) is 12.7. The minimum Gasteiger partial charge on any atom is -0.280 e. The molecule has 0 aromatic heterocycles. The molecule has 2 aromatic carbocycles. The second-order valence-corrected chi connectivity index (χ2v) is 9.62. The van der Waals surface area contributed by atoms with E-state index >= 15 is 0 Å². The van der Waals surface area contributed by atoms with Gasteiger partial charge in [0.1, 0.15) is 0 Å². The second kappa shape index (κ2) is 7.25. The molecular weight excluding hydrogens is 394 g/mol. The van der Waals surface area contributed by atoms with E-state index in [1.807, 2.05) is 0 Å². The fraction of sp³-hybridized carbons (Fsp3) is 0.250. The van der Waals surface area contributed by atoms with Crippen LogP contribution in [-0.4, -0.2) is 39.2 Å². The van der Waals surface area contributed by atoms with Gasteiger partial charge in [0.15, 0.2) is 0 Å². The molecule has 1 saturated heterocycles. The Morgan fingerprint density at radius 2 is 1.56 bits per heavy atom. The fourth-order valence-electron chi connectivity index (χ4n) is 2.76. The van der Waals surface area contributed by atoms with E-state index in [1.54, 1.807) is 0 Å². The van der Waals surface area contributed by atoms with Crippen molar-refractivity contribution in [2.75, 3.05) is 17.8 Å². The third kappa shape index (κ3) is 4.10. The van der Waals surface area contributed by atoms with E-state index in [0.29, 0.717) is 13.1 Å². The summed E-state index contributed by atoms with van der Waals surface area (Å²) in [5.74, 6) is 0. The van der Waals surface area contributed by atoms with Crippen LogP contribution in [-0.2, 0) is 20.0 Å². The average Bonchev–Trinajstić information content (AvgIpc) is 3.17. The molecule has 1 N–H and O–H groups in total. The molecule has 0 spiro atoms. The summed E-state index contributed by atoms with van der Waals surface area (Å²) in [7, 11) is -7.69. The van der Waals surface area contributed by atoms with E-state index in [1.165, 1.54) is 28.6 Å². The van der Waals surface area contributed by atoms with Crippen molar-refractivity contribution in [2.24, 2.45) is 0 Å². The number of anilines is 1. The molecule has 11 heteroatoms. The molecule has 27 heavy (non-hydrogen) atoms. The summed E-state index contributed by atoms with van der Waals surface area (Å²) >= 11 is 0. The topological polar surface area (TPSA) is 127 Å². The minimum atomic E-state index is -4.02. The maximum absolute atomic E-state index is 12.6. The summed E-state index contributed by atoms with van der Waals surface area (Å²) in [5.41, 5.74) is -0.138. The predicted molar refractivity (Wildman–Crippen MR) is 98.3 cm³/mol. The molecule has 2 aromatic rings. The van der Waals surface area contributed by atoms with Gasteiger partial charge in [-0.3, -0.25) is 14.8 Å². The van der Waals surface area contributed by atoms with E-state index < -0.39 is 25.0 Å². The number of nitrogens with zero attached hydrogens (tertiary/aromatic N) is 2. The van der Waals surface area contributed by atoms with Crippen LogP contribution in [0.4, 0.5) is 11.4 Å². The van der Waals surface area contributed by atoms with Crippen LogP contribution in [0.1, 0.15) is 12.8 Å². The van der Waals surface area contributed by atoms with Crippen molar-refractivity contribution in [2.45, 2.75) is 22.6 Å². The van der Waals surface area contributed by atoms with Crippen LogP contribution in [0.5, 0.6) is 0 Å². The number of sulfonamides is 2. The number of hydrogen-bond acceptors (Lipinski definition) is 6. The Bertz CT molecular complexity index is 1060. The molecule has 1 aliphatic rings. The van der Waals surface area contributed by atoms with Gasteiger partial charge in [0, 0.05) is 25.2 Å². The van der Waals surface area contributed by atoms with Crippen LogP contribution in [0, 0.1) is 10.1 Å². The Balaban J connectivity index is 1.86. The molecule has 0 atom stereocenters. The molecule has 0 aliphatic carbocycles. The predicted octanol–water partition coefficient (Wildman–Crippen LogP) is 2.18.